The number of hydrogen-bond donors (Lipinski definition) is 3. The summed E-state index contributed by atoms with van der Waals surface area (Å²) in [5.74, 6) is -1.05. The fraction of sp³-hybridized carbons (Fsp3) is 0.214. The maximum absolute atomic E-state index is 12.0. The van der Waals surface area contributed by atoms with Crippen LogP contribution in [0.5, 0.6) is 0 Å². The molecule has 2 aromatic rings. The summed E-state index contributed by atoms with van der Waals surface area (Å²) in [4.78, 5) is 28.2. The molecule has 3 N–H and O–H groups in total. The van der Waals surface area contributed by atoms with Crippen LogP contribution in [0.2, 0.25) is 0 Å². The number of carbonyl (C=O) groups excluding carboxylic acids is 1. The third kappa shape index (κ3) is 3.19. The van der Waals surface area contributed by atoms with Gasteiger partial charge in [-0.05, 0) is 38.5 Å². The van der Waals surface area contributed by atoms with Crippen LogP contribution in [-0.4, -0.2) is 22.1 Å². The number of aromatic carboxylic acids is 1. The van der Waals surface area contributed by atoms with Crippen molar-refractivity contribution in [1.29, 1.82) is 0 Å². The van der Waals surface area contributed by atoms with Crippen LogP contribution in [-0.2, 0) is 0 Å². The van der Waals surface area contributed by atoms with Gasteiger partial charge in [0.05, 0.1) is 16.9 Å². The molecular formula is C14H15N3O3S. The highest BCUT2D eigenvalue weighted by molar-refractivity contribution is 7.16. The summed E-state index contributed by atoms with van der Waals surface area (Å²) >= 11 is 1.24. The number of aryl methyl sites for hydroxylation is 2. The van der Waals surface area contributed by atoms with E-state index in [4.69, 9.17) is 0 Å². The Morgan fingerprint density at radius 2 is 1.95 bits per heavy atom. The second-order valence-corrected chi connectivity index (χ2v) is 5.73. The Labute approximate surface area is 125 Å². The van der Waals surface area contributed by atoms with E-state index < -0.39 is 12.0 Å². The van der Waals surface area contributed by atoms with Crippen molar-refractivity contribution >= 4 is 34.0 Å². The highest BCUT2D eigenvalue weighted by atomic mass is 32.1. The zero-order valence-electron chi connectivity index (χ0n) is 11.9. The maximum Gasteiger partial charge on any atom is 0.338 e. The van der Waals surface area contributed by atoms with Gasteiger partial charge >= 0.3 is 12.0 Å². The van der Waals surface area contributed by atoms with Crippen LogP contribution in [0, 0.1) is 20.8 Å². The van der Waals surface area contributed by atoms with Gasteiger partial charge in [-0.15, -0.1) is 11.3 Å². The van der Waals surface area contributed by atoms with Crippen molar-refractivity contribution < 1.29 is 14.7 Å². The summed E-state index contributed by atoms with van der Waals surface area (Å²) < 4.78 is 0. The number of anilines is 2. The van der Waals surface area contributed by atoms with E-state index in [-0.39, 0.29) is 5.56 Å². The van der Waals surface area contributed by atoms with Crippen molar-refractivity contribution in [3.63, 3.8) is 0 Å². The molecule has 0 unspecified atom stereocenters. The van der Waals surface area contributed by atoms with Gasteiger partial charge in [0.25, 0.3) is 0 Å². The third-order valence-corrected chi connectivity index (χ3v) is 4.20. The van der Waals surface area contributed by atoms with Gasteiger partial charge in [0.15, 0.2) is 0 Å². The van der Waals surface area contributed by atoms with Gasteiger partial charge in [0.2, 0.25) is 0 Å². The lowest BCUT2D eigenvalue weighted by molar-refractivity contribution is 0.0697. The van der Waals surface area contributed by atoms with Crippen molar-refractivity contribution in [2.24, 2.45) is 0 Å². The molecule has 2 heterocycles. The van der Waals surface area contributed by atoms with E-state index in [1.54, 1.807) is 32.2 Å². The first-order valence-corrected chi connectivity index (χ1v) is 7.04. The number of thiophene rings is 1. The Bertz CT molecular complexity index is 709. The minimum atomic E-state index is -1.05. The zero-order chi connectivity index (χ0) is 15.6. The van der Waals surface area contributed by atoms with Crippen molar-refractivity contribution in [2.45, 2.75) is 20.8 Å². The predicted molar refractivity (Wildman–Crippen MR) is 82.4 cm³/mol. The number of pyridine rings is 1. The smallest absolute Gasteiger partial charge is 0.338 e. The maximum atomic E-state index is 12.0. The molecule has 0 saturated heterocycles. The largest absolute Gasteiger partial charge is 0.478 e. The van der Waals surface area contributed by atoms with Crippen LogP contribution in [0.15, 0.2) is 18.3 Å². The summed E-state index contributed by atoms with van der Waals surface area (Å²) in [5, 5.41) is 14.8. The van der Waals surface area contributed by atoms with Gasteiger partial charge in [-0.25, -0.2) is 9.59 Å². The van der Waals surface area contributed by atoms with E-state index in [1.807, 2.05) is 6.92 Å². The van der Waals surface area contributed by atoms with Crippen LogP contribution in [0.25, 0.3) is 0 Å². The van der Waals surface area contributed by atoms with Crippen LogP contribution in [0.1, 0.15) is 26.5 Å². The second kappa shape index (κ2) is 5.92. The number of nitrogens with zero attached hydrogens (tertiary/aromatic N) is 1. The molecule has 2 rings (SSSR count). The molecule has 2 aromatic heterocycles. The van der Waals surface area contributed by atoms with Crippen molar-refractivity contribution in [3.05, 3.63) is 40.0 Å². The molecule has 7 heteroatoms. The molecule has 0 spiro atoms. The lowest BCUT2D eigenvalue weighted by atomic mass is 10.1. The zero-order valence-corrected chi connectivity index (χ0v) is 12.7. The highest BCUT2D eigenvalue weighted by Crippen LogP contribution is 2.32. The molecule has 0 aliphatic heterocycles. The molecule has 6 nitrogen and oxygen atoms in total. The van der Waals surface area contributed by atoms with Gasteiger partial charge in [-0.1, -0.05) is 0 Å². The SMILES string of the molecule is Cc1ncccc1NC(=O)Nc1sc(C)c(C)c1C(=O)O. The minimum Gasteiger partial charge on any atom is -0.478 e. The van der Waals surface area contributed by atoms with Crippen LogP contribution in [0.3, 0.4) is 0 Å². The van der Waals surface area contributed by atoms with E-state index in [2.05, 4.69) is 15.6 Å². The number of carboxylic acid groups (broad SMARTS) is 1. The summed E-state index contributed by atoms with van der Waals surface area (Å²) in [6, 6.07) is 2.95. The molecule has 0 aliphatic carbocycles. The molecule has 0 aliphatic rings. The summed E-state index contributed by atoms with van der Waals surface area (Å²) in [6.07, 6.45) is 1.63. The molecular weight excluding hydrogens is 290 g/mol. The van der Waals surface area contributed by atoms with Crippen molar-refractivity contribution in [3.8, 4) is 0 Å². The van der Waals surface area contributed by atoms with Gasteiger partial charge < -0.3 is 10.4 Å². The number of amides is 2. The van der Waals surface area contributed by atoms with E-state index in [9.17, 15) is 14.7 Å². The minimum absolute atomic E-state index is 0.135. The Morgan fingerprint density at radius 3 is 2.57 bits per heavy atom. The molecule has 0 aromatic carbocycles. The number of carboxylic acids is 1. The number of aromatic nitrogens is 1. The first-order chi connectivity index (χ1) is 9.90. The number of rotatable bonds is 3. The Kier molecular flexibility index (Phi) is 4.23. The summed E-state index contributed by atoms with van der Waals surface area (Å²) in [7, 11) is 0. The molecule has 0 fully saturated rings. The fourth-order valence-electron chi connectivity index (χ4n) is 1.85. The predicted octanol–water partition coefficient (Wildman–Crippen LogP) is 3.41. The highest BCUT2D eigenvalue weighted by Gasteiger charge is 2.20. The summed E-state index contributed by atoms with van der Waals surface area (Å²) in [5.41, 5.74) is 2.07. The van der Waals surface area contributed by atoms with Crippen LogP contribution in [0.4, 0.5) is 15.5 Å². The van der Waals surface area contributed by atoms with E-state index in [0.717, 1.165) is 4.88 Å². The third-order valence-electron chi connectivity index (χ3n) is 3.08. The monoisotopic (exact) mass is 305 g/mol. The lowest BCUT2D eigenvalue weighted by Gasteiger charge is -2.08. The standard InChI is InChI=1S/C14H15N3O3S/c1-7-9(3)21-12(11(7)13(18)19)17-14(20)16-10-5-4-6-15-8(10)2/h4-6H,1-3H3,(H,18,19)(H2,16,17,20). The molecule has 110 valence electrons. The topological polar surface area (TPSA) is 91.3 Å². The molecule has 0 saturated carbocycles. The molecule has 2 amide bonds. The fourth-order valence-corrected chi connectivity index (χ4v) is 2.89. The van der Waals surface area contributed by atoms with E-state index >= 15 is 0 Å². The van der Waals surface area contributed by atoms with E-state index in [1.165, 1.54) is 11.3 Å². The average Bonchev–Trinajstić information content (AvgIpc) is 2.67. The first-order valence-electron chi connectivity index (χ1n) is 6.23. The average molecular weight is 305 g/mol. The molecule has 0 radical (unpaired) electrons. The van der Waals surface area contributed by atoms with Crippen LogP contribution >= 0.6 is 11.3 Å². The van der Waals surface area contributed by atoms with Gasteiger partial charge in [0, 0.05) is 11.1 Å². The first kappa shape index (κ1) is 15.0. The van der Waals surface area contributed by atoms with Crippen molar-refractivity contribution in [2.75, 3.05) is 10.6 Å². The van der Waals surface area contributed by atoms with Crippen molar-refractivity contribution in [1.82, 2.24) is 4.98 Å². The quantitative estimate of drug-likeness (QED) is 0.810. The molecule has 0 bridgehead atoms. The van der Waals surface area contributed by atoms with E-state index in [0.29, 0.717) is 21.9 Å². The van der Waals surface area contributed by atoms with Gasteiger partial charge in [-0.2, -0.15) is 0 Å². The lowest BCUT2D eigenvalue weighted by Crippen LogP contribution is -2.20. The summed E-state index contributed by atoms with van der Waals surface area (Å²) in [6.45, 7) is 5.32. The number of urea groups is 1. The van der Waals surface area contributed by atoms with Gasteiger partial charge in [-0.3, -0.25) is 10.3 Å². The number of carbonyl (C=O) groups is 2. The second-order valence-electron chi connectivity index (χ2n) is 4.51. The number of nitrogens with one attached hydrogen (secondary N) is 2. The van der Waals surface area contributed by atoms with Gasteiger partial charge in [0.1, 0.15) is 5.00 Å². The normalized spacial score (nSPS) is 10.2. The Morgan fingerprint density at radius 1 is 1.24 bits per heavy atom. The number of hydrogen-bond acceptors (Lipinski definition) is 4. The molecule has 0 atom stereocenters. The molecule has 21 heavy (non-hydrogen) atoms. The Balaban J connectivity index is 2.19. The van der Waals surface area contributed by atoms with Crippen LogP contribution < -0.4 is 10.6 Å². The Hall–Kier alpha value is -2.41.